The highest BCUT2D eigenvalue weighted by atomic mass is 19.1. The average Bonchev–Trinajstić information content (AvgIpc) is 3.09. The van der Waals surface area contributed by atoms with Crippen LogP contribution >= 0.6 is 0 Å². The van der Waals surface area contributed by atoms with Crippen molar-refractivity contribution in [2.24, 2.45) is 0 Å². The van der Waals surface area contributed by atoms with Crippen LogP contribution in [-0.4, -0.2) is 41.7 Å². The third-order valence-electron chi connectivity index (χ3n) is 5.76. The van der Waals surface area contributed by atoms with Gasteiger partial charge in [-0.15, -0.1) is 0 Å². The number of amides is 1. The number of halogens is 2. The van der Waals surface area contributed by atoms with Crippen molar-refractivity contribution in [1.29, 1.82) is 0 Å². The second kappa shape index (κ2) is 7.78. The van der Waals surface area contributed by atoms with Crippen molar-refractivity contribution in [3.63, 3.8) is 0 Å². The Kier molecular flexibility index (Phi) is 5.20. The standard InChI is InChI=1S/C22H24F2N2O2/c23-19-8-3-15(13-26-10-1-2-22(26)28)12-21(19)25-11-9-18(20(24)14-25)16-4-6-17(27)7-5-16/h3-8,12,18,20,27H,1-2,9-11,13-14H2. The Hall–Kier alpha value is -2.63. The molecule has 2 aromatic rings. The number of phenolic OH excluding ortho intramolecular Hbond substituents is 1. The maximum atomic E-state index is 14.9. The van der Waals surface area contributed by atoms with Gasteiger partial charge in [-0.3, -0.25) is 4.79 Å². The van der Waals surface area contributed by atoms with Crippen LogP contribution in [0.3, 0.4) is 0 Å². The first kappa shape index (κ1) is 18.7. The topological polar surface area (TPSA) is 43.8 Å². The number of benzene rings is 2. The van der Waals surface area contributed by atoms with Gasteiger partial charge >= 0.3 is 0 Å². The lowest BCUT2D eigenvalue weighted by Crippen LogP contribution is -2.41. The molecular formula is C22H24F2N2O2. The second-order valence-corrected chi connectivity index (χ2v) is 7.65. The van der Waals surface area contributed by atoms with E-state index in [0.29, 0.717) is 31.6 Å². The lowest BCUT2D eigenvalue weighted by molar-refractivity contribution is -0.128. The van der Waals surface area contributed by atoms with Gasteiger partial charge in [0.2, 0.25) is 5.91 Å². The lowest BCUT2D eigenvalue weighted by Gasteiger charge is -2.36. The molecule has 2 aromatic carbocycles. The van der Waals surface area contributed by atoms with Crippen LogP contribution in [0.1, 0.15) is 36.3 Å². The fraction of sp³-hybridized carbons (Fsp3) is 0.409. The van der Waals surface area contributed by atoms with E-state index >= 15 is 0 Å². The summed E-state index contributed by atoms with van der Waals surface area (Å²) in [5.41, 5.74) is 2.12. The number of piperidine rings is 1. The van der Waals surface area contributed by atoms with Crippen molar-refractivity contribution in [2.75, 3.05) is 24.5 Å². The molecule has 2 fully saturated rings. The van der Waals surface area contributed by atoms with Crippen molar-refractivity contribution in [2.45, 2.75) is 37.9 Å². The summed E-state index contributed by atoms with van der Waals surface area (Å²) in [5.74, 6) is -0.339. The third kappa shape index (κ3) is 3.81. The molecule has 1 amide bonds. The lowest BCUT2D eigenvalue weighted by atomic mass is 9.87. The zero-order valence-corrected chi connectivity index (χ0v) is 15.7. The normalized spacial score (nSPS) is 22.7. The number of phenols is 1. The van der Waals surface area contributed by atoms with Crippen molar-refractivity contribution in [3.05, 3.63) is 59.4 Å². The van der Waals surface area contributed by atoms with Crippen molar-refractivity contribution in [1.82, 2.24) is 4.90 Å². The summed E-state index contributed by atoms with van der Waals surface area (Å²) in [5, 5.41) is 9.42. The molecule has 2 heterocycles. The molecule has 2 aliphatic heterocycles. The third-order valence-corrected chi connectivity index (χ3v) is 5.76. The maximum absolute atomic E-state index is 14.9. The predicted octanol–water partition coefficient (Wildman–Crippen LogP) is 3.99. The van der Waals surface area contributed by atoms with E-state index in [4.69, 9.17) is 0 Å². The number of nitrogens with zero attached hydrogens (tertiary/aromatic N) is 2. The monoisotopic (exact) mass is 386 g/mol. The molecule has 0 saturated carbocycles. The Morgan fingerprint density at radius 3 is 2.57 bits per heavy atom. The first-order chi connectivity index (χ1) is 13.5. The smallest absolute Gasteiger partial charge is 0.222 e. The van der Waals surface area contributed by atoms with Gasteiger partial charge in [-0.25, -0.2) is 8.78 Å². The number of hydrogen-bond acceptors (Lipinski definition) is 3. The summed E-state index contributed by atoms with van der Waals surface area (Å²) in [6.07, 6.45) is 0.880. The number of rotatable bonds is 4. The van der Waals surface area contributed by atoms with Crippen LogP contribution in [0, 0.1) is 5.82 Å². The van der Waals surface area contributed by atoms with E-state index in [-0.39, 0.29) is 29.9 Å². The summed E-state index contributed by atoms with van der Waals surface area (Å²) < 4.78 is 29.4. The van der Waals surface area contributed by atoms with Gasteiger partial charge in [0.05, 0.1) is 5.69 Å². The first-order valence-corrected chi connectivity index (χ1v) is 9.75. The van der Waals surface area contributed by atoms with Gasteiger partial charge in [0, 0.05) is 38.5 Å². The number of carbonyl (C=O) groups is 1. The van der Waals surface area contributed by atoms with Crippen LogP contribution in [0.25, 0.3) is 0 Å². The van der Waals surface area contributed by atoms with Crippen LogP contribution < -0.4 is 4.90 Å². The van der Waals surface area contributed by atoms with Gasteiger partial charge in [-0.1, -0.05) is 18.2 Å². The molecule has 6 heteroatoms. The number of aromatic hydroxyl groups is 1. The van der Waals surface area contributed by atoms with E-state index in [1.807, 2.05) is 0 Å². The molecule has 0 bridgehead atoms. The van der Waals surface area contributed by atoms with Crippen LogP contribution in [0.5, 0.6) is 5.75 Å². The quantitative estimate of drug-likeness (QED) is 0.864. The van der Waals surface area contributed by atoms with Crippen molar-refractivity contribution >= 4 is 11.6 Å². The fourth-order valence-electron chi connectivity index (χ4n) is 4.21. The minimum absolute atomic E-state index is 0.120. The number of alkyl halides is 1. The zero-order valence-electron chi connectivity index (χ0n) is 15.7. The highest BCUT2D eigenvalue weighted by Gasteiger charge is 2.31. The van der Waals surface area contributed by atoms with E-state index < -0.39 is 6.17 Å². The van der Waals surface area contributed by atoms with Gasteiger partial charge < -0.3 is 14.9 Å². The first-order valence-electron chi connectivity index (χ1n) is 9.75. The summed E-state index contributed by atoms with van der Waals surface area (Å²) in [7, 11) is 0. The Bertz CT molecular complexity index is 856. The molecule has 2 aliphatic rings. The van der Waals surface area contributed by atoms with Crippen LogP contribution in [0.4, 0.5) is 14.5 Å². The Morgan fingerprint density at radius 2 is 1.89 bits per heavy atom. The SMILES string of the molecule is O=C1CCCN1Cc1ccc(F)c(N2CCC(c3ccc(O)cc3)C(F)C2)c1. The maximum Gasteiger partial charge on any atom is 0.222 e. The van der Waals surface area contributed by atoms with E-state index in [1.165, 1.54) is 6.07 Å². The molecule has 0 aliphatic carbocycles. The Labute approximate surface area is 163 Å². The average molecular weight is 386 g/mol. The molecular weight excluding hydrogens is 362 g/mol. The van der Waals surface area contributed by atoms with E-state index in [0.717, 1.165) is 24.1 Å². The van der Waals surface area contributed by atoms with Gasteiger partial charge in [0.25, 0.3) is 0 Å². The number of likely N-dealkylation sites (tertiary alicyclic amines) is 1. The van der Waals surface area contributed by atoms with Gasteiger partial charge in [0.15, 0.2) is 0 Å². The predicted molar refractivity (Wildman–Crippen MR) is 104 cm³/mol. The largest absolute Gasteiger partial charge is 0.508 e. The molecule has 0 aromatic heterocycles. The summed E-state index contributed by atoms with van der Waals surface area (Å²) >= 11 is 0. The Morgan fingerprint density at radius 1 is 1.11 bits per heavy atom. The second-order valence-electron chi connectivity index (χ2n) is 7.65. The molecule has 0 radical (unpaired) electrons. The molecule has 4 rings (SSSR count). The van der Waals surface area contributed by atoms with Crippen LogP contribution in [0.15, 0.2) is 42.5 Å². The highest BCUT2D eigenvalue weighted by molar-refractivity contribution is 5.78. The molecule has 1 N–H and O–H groups in total. The minimum atomic E-state index is -1.12. The number of hydrogen-bond donors (Lipinski definition) is 1. The summed E-state index contributed by atoms with van der Waals surface area (Å²) in [6.45, 7) is 1.87. The fourth-order valence-corrected chi connectivity index (χ4v) is 4.21. The van der Waals surface area contributed by atoms with Gasteiger partial charge in [-0.2, -0.15) is 0 Å². The number of anilines is 1. The summed E-state index contributed by atoms with van der Waals surface area (Å²) in [4.78, 5) is 15.4. The van der Waals surface area contributed by atoms with Gasteiger partial charge in [-0.05, 0) is 48.2 Å². The van der Waals surface area contributed by atoms with Crippen molar-refractivity contribution < 1.29 is 18.7 Å². The Balaban J connectivity index is 1.48. The summed E-state index contributed by atoms with van der Waals surface area (Å²) in [6, 6.07) is 11.5. The van der Waals surface area contributed by atoms with Crippen LogP contribution in [0.2, 0.25) is 0 Å². The van der Waals surface area contributed by atoms with E-state index in [2.05, 4.69) is 0 Å². The van der Waals surface area contributed by atoms with E-state index in [1.54, 1.807) is 46.2 Å². The molecule has 148 valence electrons. The minimum Gasteiger partial charge on any atom is -0.508 e. The molecule has 0 spiro atoms. The molecule has 2 unspecified atom stereocenters. The zero-order chi connectivity index (χ0) is 19.7. The van der Waals surface area contributed by atoms with Crippen molar-refractivity contribution in [3.8, 4) is 5.75 Å². The van der Waals surface area contributed by atoms with E-state index in [9.17, 15) is 18.7 Å². The van der Waals surface area contributed by atoms with Crippen LogP contribution in [-0.2, 0) is 11.3 Å². The van der Waals surface area contributed by atoms with Gasteiger partial charge in [0.1, 0.15) is 17.7 Å². The molecule has 2 atom stereocenters. The molecule has 28 heavy (non-hydrogen) atoms. The number of carbonyl (C=O) groups excluding carboxylic acids is 1. The molecule has 4 nitrogen and oxygen atoms in total. The highest BCUT2D eigenvalue weighted by Crippen LogP contribution is 2.34. The molecule has 2 saturated heterocycles.